The summed E-state index contributed by atoms with van der Waals surface area (Å²) in [6, 6.07) is -0.492. The third kappa shape index (κ3) is 6.84. The zero-order valence-corrected chi connectivity index (χ0v) is 16.5. The van der Waals surface area contributed by atoms with Gasteiger partial charge in [-0.15, -0.1) is 11.8 Å². The van der Waals surface area contributed by atoms with Gasteiger partial charge >= 0.3 is 18.2 Å². The number of amides is 3. The normalized spacial score (nSPS) is 27.9. The minimum atomic E-state index is -4.87. The Labute approximate surface area is 165 Å². The number of thioether (sulfide) groups is 1. The Morgan fingerprint density at radius 2 is 1.93 bits per heavy atom. The van der Waals surface area contributed by atoms with Crippen molar-refractivity contribution in [3.05, 3.63) is 0 Å². The molecule has 3 N–H and O–H groups in total. The lowest BCUT2D eigenvalue weighted by atomic mass is 9.85. The number of rotatable bonds is 6. The second-order valence-electron chi connectivity index (χ2n) is 7.01. The predicted octanol–water partition coefficient (Wildman–Crippen LogP) is 2.17. The quantitative estimate of drug-likeness (QED) is 0.604. The van der Waals surface area contributed by atoms with E-state index in [4.69, 9.17) is 4.74 Å². The van der Waals surface area contributed by atoms with Gasteiger partial charge in [-0.3, -0.25) is 14.9 Å². The summed E-state index contributed by atoms with van der Waals surface area (Å²) in [7, 11) is 0. The Balaban J connectivity index is 1.79. The molecule has 0 aromatic heterocycles. The van der Waals surface area contributed by atoms with Gasteiger partial charge in [0, 0.05) is 6.04 Å². The van der Waals surface area contributed by atoms with Crippen LogP contribution < -0.4 is 16.0 Å². The number of alkyl carbamates (subject to hydrolysis) is 1. The van der Waals surface area contributed by atoms with Crippen molar-refractivity contribution in [3.63, 3.8) is 0 Å². The summed E-state index contributed by atoms with van der Waals surface area (Å²) in [5.41, 5.74) is 0. The molecule has 0 radical (unpaired) electrons. The van der Waals surface area contributed by atoms with Crippen molar-refractivity contribution < 1.29 is 32.3 Å². The van der Waals surface area contributed by atoms with E-state index in [1.54, 1.807) is 18.7 Å². The summed E-state index contributed by atoms with van der Waals surface area (Å²) in [5, 5.41) is 7.43. The van der Waals surface area contributed by atoms with Crippen LogP contribution in [-0.4, -0.2) is 54.4 Å². The van der Waals surface area contributed by atoms with E-state index in [2.05, 4.69) is 16.0 Å². The van der Waals surface area contributed by atoms with Gasteiger partial charge in [0.15, 0.2) is 0 Å². The number of ether oxygens (including phenoxy) is 1. The molecule has 1 heterocycles. The largest absolute Gasteiger partial charge is 0.471 e. The number of hydrogen-bond acceptors (Lipinski definition) is 6. The lowest BCUT2D eigenvalue weighted by molar-refractivity contribution is -0.174. The first-order chi connectivity index (χ1) is 13.2. The zero-order chi connectivity index (χ0) is 20.7. The van der Waals surface area contributed by atoms with Crippen molar-refractivity contribution >= 4 is 29.7 Å². The van der Waals surface area contributed by atoms with Crippen molar-refractivity contribution in [2.45, 2.75) is 56.6 Å². The number of carbonyl (C=O) groups excluding carboxylic acids is 3. The van der Waals surface area contributed by atoms with Crippen molar-refractivity contribution in [2.75, 3.05) is 18.9 Å². The molecule has 4 atom stereocenters. The molecule has 28 heavy (non-hydrogen) atoms. The van der Waals surface area contributed by atoms with Crippen LogP contribution in [0.1, 0.15) is 39.0 Å². The van der Waals surface area contributed by atoms with Gasteiger partial charge in [-0.05, 0) is 50.8 Å². The number of alkyl halides is 3. The molecule has 4 unspecified atom stereocenters. The number of carbonyl (C=O) groups is 3. The first-order valence-corrected chi connectivity index (χ1v) is 10.5. The molecule has 0 bridgehead atoms. The van der Waals surface area contributed by atoms with Gasteiger partial charge in [-0.1, -0.05) is 6.42 Å². The lowest BCUT2D eigenvalue weighted by Gasteiger charge is -2.31. The maximum Gasteiger partial charge on any atom is 0.471 e. The average molecular weight is 425 g/mol. The molecule has 1 saturated carbocycles. The van der Waals surface area contributed by atoms with Crippen LogP contribution in [0, 0.1) is 11.8 Å². The summed E-state index contributed by atoms with van der Waals surface area (Å²) in [4.78, 5) is 34.8. The van der Waals surface area contributed by atoms with Gasteiger partial charge in [-0.25, -0.2) is 4.79 Å². The monoisotopic (exact) mass is 425 g/mol. The Hall–Kier alpha value is -1.49. The molecular weight excluding hydrogens is 399 g/mol. The van der Waals surface area contributed by atoms with Crippen molar-refractivity contribution in [2.24, 2.45) is 11.8 Å². The van der Waals surface area contributed by atoms with Gasteiger partial charge in [0.25, 0.3) is 0 Å². The highest BCUT2D eigenvalue weighted by atomic mass is 32.2. The van der Waals surface area contributed by atoms with E-state index in [0.717, 1.165) is 18.6 Å². The van der Waals surface area contributed by atoms with Crippen LogP contribution in [0.3, 0.4) is 0 Å². The smallest absolute Gasteiger partial charge is 0.450 e. The standard InChI is InChI=1S/C17H26F3N3O4S/c1-2-27-16(26)23-13(24)12-6-7-28-14(12)21-9-10-4-3-5-11(8-10)22-15(25)17(18,19)20/h10-12,14,21H,2-9H2,1H3,(H,22,25)(H,23,24,26). The first kappa shape index (κ1) is 22.8. The summed E-state index contributed by atoms with van der Waals surface area (Å²) >= 11 is 1.58. The molecule has 2 fully saturated rings. The van der Waals surface area contributed by atoms with E-state index in [-0.39, 0.29) is 29.7 Å². The fraction of sp³-hybridized carbons (Fsp3) is 0.824. The van der Waals surface area contributed by atoms with Crippen LogP contribution in [0.25, 0.3) is 0 Å². The van der Waals surface area contributed by atoms with Gasteiger partial charge in [-0.2, -0.15) is 13.2 Å². The fourth-order valence-electron chi connectivity index (χ4n) is 3.58. The van der Waals surface area contributed by atoms with Crippen LogP contribution in [-0.2, 0) is 14.3 Å². The highest BCUT2D eigenvalue weighted by Gasteiger charge is 2.40. The first-order valence-electron chi connectivity index (χ1n) is 9.41. The van der Waals surface area contributed by atoms with Crippen LogP contribution in [0.2, 0.25) is 0 Å². The van der Waals surface area contributed by atoms with Gasteiger partial charge < -0.3 is 15.4 Å². The Morgan fingerprint density at radius 1 is 1.18 bits per heavy atom. The average Bonchev–Trinajstić information content (AvgIpc) is 3.08. The molecule has 1 aliphatic heterocycles. The summed E-state index contributed by atoms with van der Waals surface area (Å²) in [6.07, 6.45) is -2.43. The highest BCUT2D eigenvalue weighted by Crippen LogP contribution is 2.32. The molecule has 0 spiro atoms. The van der Waals surface area contributed by atoms with E-state index >= 15 is 0 Å². The third-order valence-electron chi connectivity index (χ3n) is 4.91. The van der Waals surface area contributed by atoms with Crippen LogP contribution in [0.5, 0.6) is 0 Å². The van der Waals surface area contributed by atoms with Crippen LogP contribution >= 0.6 is 11.8 Å². The molecule has 2 aliphatic rings. The van der Waals surface area contributed by atoms with E-state index in [1.807, 2.05) is 0 Å². The SMILES string of the molecule is CCOC(=O)NC(=O)C1CCSC1NCC1CCCC(NC(=O)C(F)(F)F)C1. The van der Waals surface area contributed by atoms with Gasteiger partial charge in [0.2, 0.25) is 5.91 Å². The molecular formula is C17H26F3N3O4S. The molecule has 3 amide bonds. The molecule has 1 aliphatic carbocycles. The molecule has 1 saturated heterocycles. The maximum absolute atomic E-state index is 12.4. The number of hydrogen-bond donors (Lipinski definition) is 3. The van der Waals surface area contributed by atoms with E-state index in [0.29, 0.717) is 25.8 Å². The molecule has 160 valence electrons. The summed E-state index contributed by atoms with van der Waals surface area (Å²) in [6.45, 7) is 2.36. The number of halogens is 3. The Bertz CT molecular complexity index is 576. The number of imide groups is 1. The zero-order valence-electron chi connectivity index (χ0n) is 15.6. The van der Waals surface area contributed by atoms with Crippen molar-refractivity contribution in [3.8, 4) is 0 Å². The molecule has 0 aromatic rings. The van der Waals surface area contributed by atoms with E-state index in [1.165, 1.54) is 0 Å². The van der Waals surface area contributed by atoms with E-state index in [9.17, 15) is 27.6 Å². The predicted molar refractivity (Wildman–Crippen MR) is 97.5 cm³/mol. The molecule has 0 aromatic carbocycles. The van der Waals surface area contributed by atoms with Crippen molar-refractivity contribution in [1.82, 2.24) is 16.0 Å². The second kappa shape index (κ2) is 10.3. The summed E-state index contributed by atoms with van der Waals surface area (Å²) < 4.78 is 42.0. The fourth-order valence-corrected chi connectivity index (χ4v) is 4.93. The lowest BCUT2D eigenvalue weighted by Crippen LogP contribution is -2.47. The van der Waals surface area contributed by atoms with Gasteiger partial charge in [0.05, 0.1) is 17.9 Å². The topological polar surface area (TPSA) is 96.5 Å². The van der Waals surface area contributed by atoms with Crippen molar-refractivity contribution in [1.29, 1.82) is 0 Å². The number of nitrogens with one attached hydrogen (secondary N) is 3. The Morgan fingerprint density at radius 3 is 2.61 bits per heavy atom. The third-order valence-corrected chi connectivity index (χ3v) is 6.24. The summed E-state index contributed by atoms with van der Waals surface area (Å²) in [5.74, 6) is -1.78. The van der Waals surface area contributed by atoms with Crippen LogP contribution in [0.15, 0.2) is 0 Å². The van der Waals surface area contributed by atoms with Crippen LogP contribution in [0.4, 0.5) is 18.0 Å². The molecule has 11 heteroatoms. The highest BCUT2D eigenvalue weighted by molar-refractivity contribution is 8.00. The second-order valence-corrected chi connectivity index (χ2v) is 8.25. The van der Waals surface area contributed by atoms with Gasteiger partial charge in [0.1, 0.15) is 0 Å². The Kier molecular flexibility index (Phi) is 8.41. The molecule has 7 nitrogen and oxygen atoms in total. The minimum Gasteiger partial charge on any atom is -0.450 e. The maximum atomic E-state index is 12.4. The van der Waals surface area contributed by atoms with E-state index < -0.39 is 24.2 Å². The minimum absolute atomic E-state index is 0.113. The molecule has 2 rings (SSSR count).